The molecule has 1 aliphatic carbocycles. The molecule has 0 saturated heterocycles. The highest BCUT2D eigenvalue weighted by molar-refractivity contribution is 5.03. The molecule has 0 amide bonds. The molecule has 0 spiro atoms. The Morgan fingerprint density at radius 1 is 1.38 bits per heavy atom. The van der Waals surface area contributed by atoms with E-state index in [1.807, 2.05) is 0 Å². The molecule has 0 N–H and O–H groups in total. The molecule has 0 atom stereocenters. The summed E-state index contributed by atoms with van der Waals surface area (Å²) in [4.78, 5) is 4.38. The summed E-state index contributed by atoms with van der Waals surface area (Å²) in [6.07, 6.45) is 3.33. The Bertz CT molecular complexity index is 294. The lowest BCUT2D eigenvalue weighted by atomic mass is 9.92. The standard InChI is InChI=1S/C10H16N2O/c1-10(2,3)6-8-11-9(12-13-8)7-4-5-7/h7H,4-6H2,1-3H3. The summed E-state index contributed by atoms with van der Waals surface area (Å²) in [6.45, 7) is 6.52. The zero-order valence-corrected chi connectivity index (χ0v) is 8.50. The Kier molecular flexibility index (Phi) is 1.90. The fourth-order valence-corrected chi connectivity index (χ4v) is 1.30. The average molecular weight is 180 g/mol. The average Bonchev–Trinajstić information content (AvgIpc) is 2.72. The lowest BCUT2D eigenvalue weighted by molar-refractivity contribution is 0.312. The normalized spacial score (nSPS) is 17.8. The maximum atomic E-state index is 5.18. The van der Waals surface area contributed by atoms with Crippen molar-refractivity contribution in [2.45, 2.75) is 46.0 Å². The van der Waals surface area contributed by atoms with Gasteiger partial charge in [0.05, 0.1) is 0 Å². The van der Waals surface area contributed by atoms with Crippen LogP contribution in [0.1, 0.15) is 51.2 Å². The van der Waals surface area contributed by atoms with Crippen LogP contribution in [0.4, 0.5) is 0 Å². The fraction of sp³-hybridized carbons (Fsp3) is 0.800. The zero-order valence-electron chi connectivity index (χ0n) is 8.50. The third kappa shape index (κ3) is 2.29. The molecule has 3 heteroatoms. The van der Waals surface area contributed by atoms with Crippen molar-refractivity contribution in [2.75, 3.05) is 0 Å². The largest absolute Gasteiger partial charge is 0.339 e. The van der Waals surface area contributed by atoms with Crippen LogP contribution in [0.3, 0.4) is 0 Å². The first kappa shape index (κ1) is 8.73. The summed E-state index contributed by atoms with van der Waals surface area (Å²) < 4.78 is 5.18. The summed E-state index contributed by atoms with van der Waals surface area (Å²) in [7, 11) is 0. The second kappa shape index (κ2) is 2.82. The molecule has 13 heavy (non-hydrogen) atoms. The molecule has 0 unspecified atom stereocenters. The maximum absolute atomic E-state index is 5.18. The van der Waals surface area contributed by atoms with Gasteiger partial charge in [-0.05, 0) is 18.3 Å². The monoisotopic (exact) mass is 180 g/mol. The molecule has 1 aliphatic rings. The minimum absolute atomic E-state index is 0.230. The highest BCUT2D eigenvalue weighted by Crippen LogP contribution is 2.38. The SMILES string of the molecule is CC(C)(C)Cc1nc(C2CC2)no1. The first-order valence-corrected chi connectivity index (χ1v) is 4.87. The molecule has 1 fully saturated rings. The summed E-state index contributed by atoms with van der Waals surface area (Å²) >= 11 is 0. The topological polar surface area (TPSA) is 38.9 Å². The van der Waals surface area contributed by atoms with Crippen LogP contribution in [0.25, 0.3) is 0 Å². The maximum Gasteiger partial charge on any atom is 0.227 e. The Morgan fingerprint density at radius 2 is 2.08 bits per heavy atom. The third-order valence-electron chi connectivity index (χ3n) is 2.11. The second-order valence-corrected chi connectivity index (χ2v) is 5.06. The van der Waals surface area contributed by atoms with E-state index in [4.69, 9.17) is 4.52 Å². The molecule has 3 nitrogen and oxygen atoms in total. The zero-order chi connectivity index (χ0) is 9.47. The second-order valence-electron chi connectivity index (χ2n) is 5.06. The van der Waals surface area contributed by atoms with Crippen molar-refractivity contribution in [3.8, 4) is 0 Å². The van der Waals surface area contributed by atoms with Crippen molar-refractivity contribution >= 4 is 0 Å². The Labute approximate surface area is 78.5 Å². The van der Waals surface area contributed by atoms with E-state index in [9.17, 15) is 0 Å². The van der Waals surface area contributed by atoms with Crippen molar-refractivity contribution in [3.63, 3.8) is 0 Å². The van der Waals surface area contributed by atoms with Gasteiger partial charge in [0.25, 0.3) is 0 Å². The van der Waals surface area contributed by atoms with Crippen LogP contribution in [-0.2, 0) is 6.42 Å². The van der Waals surface area contributed by atoms with Crippen LogP contribution in [0.2, 0.25) is 0 Å². The summed E-state index contributed by atoms with van der Waals surface area (Å²) in [5.41, 5.74) is 0.230. The van der Waals surface area contributed by atoms with Gasteiger partial charge in [-0.15, -0.1) is 0 Å². The van der Waals surface area contributed by atoms with E-state index in [0.717, 1.165) is 18.1 Å². The van der Waals surface area contributed by atoms with E-state index >= 15 is 0 Å². The highest BCUT2D eigenvalue weighted by Gasteiger charge is 2.29. The van der Waals surface area contributed by atoms with Gasteiger partial charge in [-0.1, -0.05) is 25.9 Å². The van der Waals surface area contributed by atoms with Crippen molar-refractivity contribution in [3.05, 3.63) is 11.7 Å². The van der Waals surface area contributed by atoms with Crippen LogP contribution in [0.5, 0.6) is 0 Å². The molecular weight excluding hydrogens is 164 g/mol. The van der Waals surface area contributed by atoms with Crippen molar-refractivity contribution in [1.29, 1.82) is 0 Å². The number of hydrogen-bond acceptors (Lipinski definition) is 3. The molecule has 0 bridgehead atoms. The molecular formula is C10H16N2O. The molecule has 2 rings (SSSR count). The lowest BCUT2D eigenvalue weighted by Gasteiger charge is -2.13. The van der Waals surface area contributed by atoms with E-state index in [1.165, 1.54) is 12.8 Å². The van der Waals surface area contributed by atoms with Crippen molar-refractivity contribution < 1.29 is 4.52 Å². The van der Waals surface area contributed by atoms with Crippen molar-refractivity contribution in [2.24, 2.45) is 5.41 Å². The first-order valence-electron chi connectivity index (χ1n) is 4.87. The van der Waals surface area contributed by atoms with E-state index in [1.54, 1.807) is 0 Å². The predicted molar refractivity (Wildman–Crippen MR) is 49.4 cm³/mol. The van der Waals surface area contributed by atoms with Gasteiger partial charge >= 0.3 is 0 Å². The van der Waals surface area contributed by atoms with Gasteiger partial charge in [-0.3, -0.25) is 0 Å². The predicted octanol–water partition coefficient (Wildman–Crippen LogP) is 2.54. The van der Waals surface area contributed by atoms with Gasteiger partial charge in [-0.25, -0.2) is 0 Å². The Hall–Kier alpha value is -0.860. The van der Waals surface area contributed by atoms with Crippen LogP contribution in [0.15, 0.2) is 4.52 Å². The van der Waals surface area contributed by atoms with Crippen LogP contribution >= 0.6 is 0 Å². The van der Waals surface area contributed by atoms with E-state index < -0.39 is 0 Å². The first-order chi connectivity index (χ1) is 6.04. The van der Waals surface area contributed by atoms with Gasteiger partial charge in [0.15, 0.2) is 5.82 Å². The van der Waals surface area contributed by atoms with E-state index in [-0.39, 0.29) is 5.41 Å². The molecule has 0 aliphatic heterocycles. The number of rotatable bonds is 2. The summed E-state index contributed by atoms with van der Waals surface area (Å²) in [6, 6.07) is 0. The molecule has 1 heterocycles. The number of aromatic nitrogens is 2. The minimum Gasteiger partial charge on any atom is -0.339 e. The molecule has 1 saturated carbocycles. The quantitative estimate of drug-likeness (QED) is 0.702. The van der Waals surface area contributed by atoms with Crippen LogP contribution < -0.4 is 0 Å². The van der Waals surface area contributed by atoms with Gasteiger partial charge in [0.2, 0.25) is 5.89 Å². The lowest BCUT2D eigenvalue weighted by Crippen LogP contribution is -2.09. The fourth-order valence-electron chi connectivity index (χ4n) is 1.30. The van der Waals surface area contributed by atoms with Gasteiger partial charge < -0.3 is 4.52 Å². The van der Waals surface area contributed by atoms with E-state index in [2.05, 4.69) is 30.9 Å². The molecule has 1 aromatic rings. The third-order valence-corrected chi connectivity index (χ3v) is 2.11. The highest BCUT2D eigenvalue weighted by atomic mass is 16.5. The summed E-state index contributed by atoms with van der Waals surface area (Å²) in [5, 5.41) is 3.98. The molecule has 1 aromatic heterocycles. The number of nitrogens with zero attached hydrogens (tertiary/aromatic N) is 2. The molecule has 72 valence electrons. The van der Waals surface area contributed by atoms with Crippen LogP contribution in [0, 0.1) is 5.41 Å². The van der Waals surface area contributed by atoms with Gasteiger partial charge in [0, 0.05) is 12.3 Å². The Balaban J connectivity index is 2.04. The minimum atomic E-state index is 0.230. The molecule has 0 aromatic carbocycles. The number of hydrogen-bond donors (Lipinski definition) is 0. The van der Waals surface area contributed by atoms with Crippen LogP contribution in [-0.4, -0.2) is 10.1 Å². The van der Waals surface area contributed by atoms with Gasteiger partial charge in [0.1, 0.15) is 0 Å². The van der Waals surface area contributed by atoms with E-state index in [0.29, 0.717) is 5.92 Å². The smallest absolute Gasteiger partial charge is 0.227 e. The van der Waals surface area contributed by atoms with Gasteiger partial charge in [-0.2, -0.15) is 4.98 Å². The Morgan fingerprint density at radius 3 is 2.62 bits per heavy atom. The molecule has 0 radical (unpaired) electrons. The summed E-state index contributed by atoms with van der Waals surface area (Å²) in [5.74, 6) is 2.30. The van der Waals surface area contributed by atoms with Crippen molar-refractivity contribution in [1.82, 2.24) is 10.1 Å².